The minimum absolute atomic E-state index is 0.00235. The predicted molar refractivity (Wildman–Crippen MR) is 101 cm³/mol. The van der Waals surface area contributed by atoms with E-state index in [1.807, 2.05) is 56.3 Å². The van der Waals surface area contributed by atoms with Crippen molar-refractivity contribution < 1.29 is 14.3 Å². The number of rotatable bonds is 4. The lowest BCUT2D eigenvalue weighted by Crippen LogP contribution is -2.48. The second-order valence-corrected chi connectivity index (χ2v) is 6.72. The van der Waals surface area contributed by atoms with E-state index >= 15 is 0 Å². The molecule has 5 heteroatoms. The quantitative estimate of drug-likeness (QED) is 0.920. The molecule has 1 fully saturated rings. The summed E-state index contributed by atoms with van der Waals surface area (Å²) in [6.07, 6.45) is 0.277. The van der Waals surface area contributed by atoms with Gasteiger partial charge in [-0.15, -0.1) is 0 Å². The molecule has 2 aromatic carbocycles. The molecule has 0 unspecified atom stereocenters. The Morgan fingerprint density at radius 3 is 2.31 bits per heavy atom. The fourth-order valence-corrected chi connectivity index (χ4v) is 3.27. The number of ether oxygens (including phenoxy) is 1. The van der Waals surface area contributed by atoms with E-state index in [1.165, 1.54) is 0 Å². The molecule has 2 amide bonds. The Morgan fingerprint density at radius 2 is 1.62 bits per heavy atom. The summed E-state index contributed by atoms with van der Waals surface area (Å²) < 4.78 is 5.70. The van der Waals surface area contributed by atoms with Gasteiger partial charge in [-0.25, -0.2) is 0 Å². The fraction of sp³-hybridized carbons (Fsp3) is 0.333. The van der Waals surface area contributed by atoms with Crippen LogP contribution in [0.3, 0.4) is 0 Å². The molecule has 0 aliphatic carbocycles. The Hall–Kier alpha value is -2.66. The lowest BCUT2D eigenvalue weighted by Gasteiger charge is -2.35. The molecule has 5 nitrogen and oxygen atoms in total. The largest absolute Gasteiger partial charge is 0.372 e. The Bertz CT molecular complexity index is 766. The number of benzene rings is 2. The summed E-state index contributed by atoms with van der Waals surface area (Å²) >= 11 is 0. The van der Waals surface area contributed by atoms with Crippen LogP contribution in [0.15, 0.2) is 54.6 Å². The van der Waals surface area contributed by atoms with Crippen molar-refractivity contribution >= 4 is 17.5 Å². The summed E-state index contributed by atoms with van der Waals surface area (Å²) in [5.41, 5.74) is 1.99. The summed E-state index contributed by atoms with van der Waals surface area (Å²) in [5.74, 6) is -0.220. The first kappa shape index (κ1) is 18.1. The van der Waals surface area contributed by atoms with Gasteiger partial charge in [0.2, 0.25) is 5.91 Å². The molecule has 2 aromatic rings. The molecule has 0 bridgehead atoms. The first-order chi connectivity index (χ1) is 12.5. The molecule has 1 heterocycles. The number of hydrogen-bond acceptors (Lipinski definition) is 3. The van der Waals surface area contributed by atoms with Gasteiger partial charge < -0.3 is 15.0 Å². The highest BCUT2D eigenvalue weighted by molar-refractivity contribution is 6.04. The van der Waals surface area contributed by atoms with Gasteiger partial charge in [0.1, 0.15) is 0 Å². The maximum absolute atomic E-state index is 13.0. The molecule has 136 valence electrons. The second kappa shape index (κ2) is 8.15. The van der Waals surface area contributed by atoms with Crippen molar-refractivity contribution in [1.82, 2.24) is 4.90 Å². The number of para-hydroxylation sites is 1. The van der Waals surface area contributed by atoms with Gasteiger partial charge in [-0.05, 0) is 31.5 Å². The highest BCUT2D eigenvalue weighted by Gasteiger charge is 2.27. The molecule has 0 aromatic heterocycles. The summed E-state index contributed by atoms with van der Waals surface area (Å²) in [6, 6.07) is 16.7. The van der Waals surface area contributed by atoms with Crippen LogP contribution in [0.25, 0.3) is 0 Å². The van der Waals surface area contributed by atoms with Crippen molar-refractivity contribution in [3.05, 3.63) is 65.7 Å². The lowest BCUT2D eigenvalue weighted by atomic mass is 10.1. The fourth-order valence-electron chi connectivity index (χ4n) is 3.27. The predicted octanol–water partition coefficient (Wildman–Crippen LogP) is 3.12. The Balaban J connectivity index is 1.73. The SMILES string of the molecule is C[C@H]1CN(C(=O)c2ccccc2NC(=O)Cc2ccccc2)C[C@H](C)O1. The van der Waals surface area contributed by atoms with E-state index in [1.54, 1.807) is 17.0 Å². The number of hydrogen-bond donors (Lipinski definition) is 1. The van der Waals surface area contributed by atoms with E-state index in [0.717, 1.165) is 5.56 Å². The van der Waals surface area contributed by atoms with Crippen LogP contribution in [0.2, 0.25) is 0 Å². The normalized spacial score (nSPS) is 19.8. The molecule has 0 spiro atoms. The number of carbonyl (C=O) groups excluding carboxylic acids is 2. The van der Waals surface area contributed by atoms with Crippen molar-refractivity contribution in [3.8, 4) is 0 Å². The molecule has 1 aliphatic heterocycles. The van der Waals surface area contributed by atoms with Crippen molar-refractivity contribution in [2.24, 2.45) is 0 Å². The maximum atomic E-state index is 13.0. The van der Waals surface area contributed by atoms with Crippen molar-refractivity contribution in [3.63, 3.8) is 0 Å². The molecule has 0 saturated carbocycles. The third-order valence-corrected chi connectivity index (χ3v) is 4.35. The summed E-state index contributed by atoms with van der Waals surface area (Å²) in [4.78, 5) is 27.1. The van der Waals surface area contributed by atoms with E-state index in [0.29, 0.717) is 24.3 Å². The molecule has 2 atom stereocenters. The minimum Gasteiger partial charge on any atom is -0.372 e. The van der Waals surface area contributed by atoms with Crippen LogP contribution in [0.4, 0.5) is 5.69 Å². The average Bonchev–Trinajstić information content (AvgIpc) is 2.61. The van der Waals surface area contributed by atoms with E-state index in [9.17, 15) is 9.59 Å². The van der Waals surface area contributed by atoms with Crippen molar-refractivity contribution in [2.75, 3.05) is 18.4 Å². The average molecular weight is 352 g/mol. The van der Waals surface area contributed by atoms with Crippen LogP contribution in [-0.4, -0.2) is 42.0 Å². The number of carbonyl (C=O) groups is 2. The zero-order chi connectivity index (χ0) is 18.5. The Kier molecular flexibility index (Phi) is 5.68. The molecular formula is C21H24N2O3. The molecule has 1 aliphatic rings. The van der Waals surface area contributed by atoms with Crippen LogP contribution >= 0.6 is 0 Å². The van der Waals surface area contributed by atoms with Crippen LogP contribution in [0.5, 0.6) is 0 Å². The Labute approximate surface area is 154 Å². The van der Waals surface area contributed by atoms with Crippen molar-refractivity contribution in [2.45, 2.75) is 32.5 Å². The van der Waals surface area contributed by atoms with Gasteiger partial charge in [-0.3, -0.25) is 9.59 Å². The molecule has 0 radical (unpaired) electrons. The van der Waals surface area contributed by atoms with E-state index in [4.69, 9.17) is 4.74 Å². The molecule has 3 rings (SSSR count). The van der Waals surface area contributed by atoms with Gasteiger partial charge in [0.15, 0.2) is 0 Å². The first-order valence-electron chi connectivity index (χ1n) is 8.90. The van der Waals surface area contributed by atoms with Crippen LogP contribution in [0, 0.1) is 0 Å². The molecular weight excluding hydrogens is 328 g/mol. The van der Waals surface area contributed by atoms with Gasteiger partial charge in [-0.2, -0.15) is 0 Å². The molecule has 1 saturated heterocycles. The molecule has 1 N–H and O–H groups in total. The van der Waals surface area contributed by atoms with E-state index < -0.39 is 0 Å². The summed E-state index contributed by atoms with van der Waals surface area (Å²) in [6.45, 7) is 5.03. The number of nitrogens with one attached hydrogen (secondary N) is 1. The highest BCUT2D eigenvalue weighted by atomic mass is 16.5. The maximum Gasteiger partial charge on any atom is 0.256 e. The third kappa shape index (κ3) is 4.49. The van der Waals surface area contributed by atoms with Gasteiger partial charge in [0.25, 0.3) is 5.91 Å². The highest BCUT2D eigenvalue weighted by Crippen LogP contribution is 2.20. The van der Waals surface area contributed by atoms with Gasteiger partial charge >= 0.3 is 0 Å². The molecule has 26 heavy (non-hydrogen) atoms. The number of anilines is 1. The second-order valence-electron chi connectivity index (χ2n) is 6.72. The monoisotopic (exact) mass is 352 g/mol. The summed E-state index contributed by atoms with van der Waals surface area (Å²) in [7, 11) is 0. The van der Waals surface area contributed by atoms with Crippen LogP contribution in [-0.2, 0) is 16.0 Å². The number of amides is 2. The van der Waals surface area contributed by atoms with Gasteiger partial charge in [-0.1, -0.05) is 42.5 Å². The zero-order valence-electron chi connectivity index (χ0n) is 15.1. The standard InChI is InChI=1S/C21H24N2O3/c1-15-13-23(14-16(2)26-15)21(25)18-10-6-7-11-19(18)22-20(24)12-17-8-4-3-5-9-17/h3-11,15-16H,12-14H2,1-2H3,(H,22,24)/t15-,16-/m0/s1. The van der Waals surface area contributed by atoms with Crippen LogP contribution in [0.1, 0.15) is 29.8 Å². The van der Waals surface area contributed by atoms with Gasteiger partial charge in [0, 0.05) is 13.1 Å². The minimum atomic E-state index is -0.139. The van der Waals surface area contributed by atoms with Gasteiger partial charge in [0.05, 0.1) is 29.9 Å². The number of morpholine rings is 1. The van der Waals surface area contributed by atoms with Crippen molar-refractivity contribution in [1.29, 1.82) is 0 Å². The number of nitrogens with zero attached hydrogens (tertiary/aromatic N) is 1. The van der Waals surface area contributed by atoms with E-state index in [2.05, 4.69) is 5.32 Å². The summed E-state index contributed by atoms with van der Waals surface area (Å²) in [5, 5.41) is 2.88. The topological polar surface area (TPSA) is 58.6 Å². The first-order valence-corrected chi connectivity index (χ1v) is 8.90. The third-order valence-electron chi connectivity index (χ3n) is 4.35. The van der Waals surface area contributed by atoms with Crippen LogP contribution < -0.4 is 5.32 Å². The van der Waals surface area contributed by atoms with E-state index in [-0.39, 0.29) is 30.4 Å². The smallest absolute Gasteiger partial charge is 0.256 e. The lowest BCUT2D eigenvalue weighted by molar-refractivity contribution is -0.115. The Morgan fingerprint density at radius 1 is 1.00 bits per heavy atom. The zero-order valence-corrected chi connectivity index (χ0v) is 15.1.